The molecule has 1 atom stereocenters. The number of aromatic nitrogens is 2. The first-order chi connectivity index (χ1) is 18.6. The first-order valence-corrected chi connectivity index (χ1v) is 17.4. The van der Waals surface area contributed by atoms with E-state index in [1.165, 1.54) is 23.4 Å². The van der Waals surface area contributed by atoms with Gasteiger partial charge in [-0.2, -0.15) is 0 Å². The molecule has 2 aliphatic rings. The summed E-state index contributed by atoms with van der Waals surface area (Å²) >= 11 is 0. The number of hydrogen-bond donors (Lipinski definition) is 1. The van der Waals surface area contributed by atoms with Crippen LogP contribution in [0.4, 0.5) is 11.5 Å². The Labute approximate surface area is 231 Å². The van der Waals surface area contributed by atoms with E-state index in [9.17, 15) is 9.59 Å². The molecule has 3 aromatic rings. The van der Waals surface area contributed by atoms with E-state index in [4.69, 9.17) is 9.47 Å². The van der Waals surface area contributed by atoms with E-state index >= 15 is 0 Å². The van der Waals surface area contributed by atoms with Crippen molar-refractivity contribution in [2.45, 2.75) is 64.8 Å². The summed E-state index contributed by atoms with van der Waals surface area (Å²) in [5, 5.41) is 3.96. The predicted octanol–water partition coefficient (Wildman–Crippen LogP) is 4.94. The molecule has 0 aliphatic carbocycles. The molecule has 0 saturated carbocycles. The molecule has 4 heterocycles. The van der Waals surface area contributed by atoms with Crippen LogP contribution in [0.5, 0.6) is 5.75 Å². The van der Waals surface area contributed by atoms with Gasteiger partial charge in [0.05, 0.1) is 11.2 Å². The van der Waals surface area contributed by atoms with E-state index in [1.54, 1.807) is 25.2 Å². The normalized spacial score (nSPS) is 17.9. The van der Waals surface area contributed by atoms with Crippen LogP contribution in [0, 0.1) is 0 Å². The van der Waals surface area contributed by atoms with Crippen LogP contribution in [0.15, 0.2) is 36.5 Å². The van der Waals surface area contributed by atoms with Crippen LogP contribution in [0.2, 0.25) is 25.7 Å². The SMILES string of the molecule is C[C@H]1CCCN1Cc1cc2cnc(NC(=O)c3ccc4c(c3)OCC(=O)N4C)cc2n1COCC[Si](C)(C)C. The maximum absolute atomic E-state index is 13.1. The second-order valence-corrected chi connectivity index (χ2v) is 17.5. The van der Waals surface area contributed by atoms with Crippen molar-refractivity contribution in [1.29, 1.82) is 0 Å². The minimum atomic E-state index is -1.19. The Balaban J connectivity index is 1.37. The summed E-state index contributed by atoms with van der Waals surface area (Å²) in [6, 6.07) is 10.9. The zero-order valence-corrected chi connectivity index (χ0v) is 24.6. The van der Waals surface area contributed by atoms with E-state index < -0.39 is 8.07 Å². The van der Waals surface area contributed by atoms with Crippen LogP contribution in [0.25, 0.3) is 10.9 Å². The average Bonchev–Trinajstić information content (AvgIpc) is 3.45. The quantitative estimate of drug-likeness (QED) is 0.300. The maximum atomic E-state index is 13.1. The van der Waals surface area contributed by atoms with Crippen molar-refractivity contribution in [2.24, 2.45) is 0 Å². The van der Waals surface area contributed by atoms with Gasteiger partial charge in [-0.15, -0.1) is 0 Å². The monoisotopic (exact) mass is 549 g/mol. The molecular weight excluding hydrogens is 510 g/mol. The number of carbonyl (C=O) groups is 2. The van der Waals surface area contributed by atoms with Crippen LogP contribution < -0.4 is 15.0 Å². The van der Waals surface area contributed by atoms with Gasteiger partial charge in [0.25, 0.3) is 11.8 Å². The molecule has 2 amide bonds. The van der Waals surface area contributed by atoms with E-state index in [0.717, 1.165) is 36.6 Å². The number of amides is 2. The summed E-state index contributed by atoms with van der Waals surface area (Å²) in [6.07, 6.45) is 4.27. The Morgan fingerprint density at radius 2 is 2.05 bits per heavy atom. The molecule has 0 unspecified atom stereocenters. The molecule has 1 saturated heterocycles. The van der Waals surface area contributed by atoms with Gasteiger partial charge >= 0.3 is 0 Å². The van der Waals surface area contributed by atoms with E-state index in [2.05, 4.69) is 52.4 Å². The fourth-order valence-corrected chi connectivity index (χ4v) is 5.90. The number of carbonyl (C=O) groups excluding carboxylic acids is 2. The molecular formula is C29H39N5O4Si. The molecule has 0 radical (unpaired) electrons. The van der Waals surface area contributed by atoms with E-state index in [0.29, 0.717) is 35.6 Å². The fourth-order valence-electron chi connectivity index (χ4n) is 5.14. The second kappa shape index (κ2) is 11.1. The molecule has 1 fully saturated rings. The molecule has 0 bridgehead atoms. The lowest BCUT2D eigenvalue weighted by molar-refractivity contribution is -0.120. The second-order valence-electron chi connectivity index (χ2n) is 11.9. The third-order valence-electron chi connectivity index (χ3n) is 7.69. The van der Waals surface area contributed by atoms with Crippen LogP contribution in [-0.4, -0.2) is 67.2 Å². The summed E-state index contributed by atoms with van der Waals surface area (Å²) in [6.45, 7) is 12.5. The summed E-state index contributed by atoms with van der Waals surface area (Å²) < 4.78 is 14.0. The van der Waals surface area contributed by atoms with Gasteiger partial charge in [-0.1, -0.05) is 19.6 Å². The molecule has 208 valence electrons. The van der Waals surface area contributed by atoms with Crippen LogP contribution in [-0.2, 0) is 22.8 Å². The Kier molecular flexibility index (Phi) is 7.79. The van der Waals surface area contributed by atoms with Gasteiger partial charge in [-0.05, 0) is 56.6 Å². The molecule has 1 N–H and O–H groups in total. The number of likely N-dealkylation sites (N-methyl/N-ethyl adjacent to an activating group) is 1. The van der Waals surface area contributed by atoms with Gasteiger partial charge in [0.15, 0.2) is 6.61 Å². The lowest BCUT2D eigenvalue weighted by Crippen LogP contribution is -2.35. The minimum Gasteiger partial charge on any atom is -0.482 e. The number of ether oxygens (including phenoxy) is 2. The molecule has 1 aromatic carbocycles. The van der Waals surface area contributed by atoms with Gasteiger partial charge in [0.2, 0.25) is 0 Å². The van der Waals surface area contributed by atoms with Crippen molar-refractivity contribution >= 4 is 42.3 Å². The van der Waals surface area contributed by atoms with Gasteiger partial charge in [0.1, 0.15) is 18.3 Å². The average molecular weight is 550 g/mol. The summed E-state index contributed by atoms with van der Waals surface area (Å²) in [5.41, 5.74) is 3.27. The number of nitrogens with zero attached hydrogens (tertiary/aromatic N) is 4. The Bertz CT molecular complexity index is 1380. The number of benzene rings is 1. The van der Waals surface area contributed by atoms with E-state index in [-0.39, 0.29) is 18.4 Å². The zero-order chi connectivity index (χ0) is 27.7. The number of fused-ring (bicyclic) bond motifs is 2. The molecule has 2 aliphatic heterocycles. The van der Waals surface area contributed by atoms with Crippen molar-refractivity contribution in [1.82, 2.24) is 14.5 Å². The third-order valence-corrected chi connectivity index (χ3v) is 9.40. The third kappa shape index (κ3) is 6.18. The lowest BCUT2D eigenvalue weighted by atomic mass is 10.1. The molecule has 9 nitrogen and oxygen atoms in total. The van der Waals surface area contributed by atoms with Crippen molar-refractivity contribution < 1.29 is 19.1 Å². The maximum Gasteiger partial charge on any atom is 0.264 e. The van der Waals surface area contributed by atoms with Gasteiger partial charge in [-0.25, -0.2) is 4.98 Å². The molecule has 2 aromatic heterocycles. The number of pyridine rings is 1. The van der Waals surface area contributed by atoms with Crippen LogP contribution in [0.3, 0.4) is 0 Å². The topological polar surface area (TPSA) is 88.9 Å². The predicted molar refractivity (Wildman–Crippen MR) is 156 cm³/mol. The highest BCUT2D eigenvalue weighted by molar-refractivity contribution is 6.76. The highest BCUT2D eigenvalue weighted by Gasteiger charge is 2.24. The highest BCUT2D eigenvalue weighted by atomic mass is 28.3. The molecule has 5 rings (SSSR count). The van der Waals surface area contributed by atoms with Gasteiger partial charge in [-0.3, -0.25) is 14.5 Å². The van der Waals surface area contributed by atoms with Crippen LogP contribution in [0.1, 0.15) is 35.8 Å². The van der Waals surface area contributed by atoms with Crippen molar-refractivity contribution in [3.8, 4) is 5.75 Å². The Morgan fingerprint density at radius 1 is 1.23 bits per heavy atom. The number of anilines is 2. The molecule has 0 spiro atoms. The zero-order valence-electron chi connectivity index (χ0n) is 23.6. The minimum absolute atomic E-state index is 0.0393. The number of likely N-dealkylation sites (tertiary alicyclic amines) is 1. The van der Waals surface area contributed by atoms with Crippen molar-refractivity contribution in [3.05, 3.63) is 47.8 Å². The van der Waals surface area contributed by atoms with Crippen molar-refractivity contribution in [3.63, 3.8) is 0 Å². The van der Waals surface area contributed by atoms with Crippen LogP contribution >= 0.6 is 0 Å². The number of hydrogen-bond acceptors (Lipinski definition) is 6. The molecule has 39 heavy (non-hydrogen) atoms. The summed E-state index contributed by atoms with van der Waals surface area (Å²) in [4.78, 5) is 33.6. The van der Waals surface area contributed by atoms with Gasteiger partial charge < -0.3 is 24.3 Å². The smallest absolute Gasteiger partial charge is 0.264 e. The van der Waals surface area contributed by atoms with Crippen molar-refractivity contribution in [2.75, 3.05) is 37.0 Å². The molecule has 10 heteroatoms. The highest BCUT2D eigenvalue weighted by Crippen LogP contribution is 2.32. The largest absolute Gasteiger partial charge is 0.482 e. The fraction of sp³-hybridized carbons (Fsp3) is 0.483. The summed E-state index contributed by atoms with van der Waals surface area (Å²) in [7, 11) is 0.510. The summed E-state index contributed by atoms with van der Waals surface area (Å²) in [5.74, 6) is 0.575. The number of nitrogens with one attached hydrogen (secondary N) is 1. The first kappa shape index (κ1) is 27.4. The van der Waals surface area contributed by atoms with Gasteiger partial charge in [0, 0.05) is 63.2 Å². The lowest BCUT2D eigenvalue weighted by Gasteiger charge is -2.26. The Morgan fingerprint density at radius 3 is 2.79 bits per heavy atom. The van der Waals surface area contributed by atoms with E-state index in [1.807, 2.05) is 12.3 Å². The standard InChI is InChI=1S/C29H39N5O4Si/c1-20-7-6-10-33(20)17-23-13-22-16-30-27(15-25(22)34(23)19-37-11-12-39(3,4)5)31-29(36)21-8-9-24-26(14-21)38-18-28(35)32(24)2/h8-9,13-16,20H,6-7,10-12,17-19H2,1-5H3,(H,30,31,36)/t20-/m0/s1. The first-order valence-electron chi connectivity index (χ1n) is 13.7. The number of rotatable bonds is 9. The Hall–Kier alpha value is -3.21.